The van der Waals surface area contributed by atoms with Gasteiger partial charge in [0.1, 0.15) is 18.5 Å². The third-order valence-corrected chi connectivity index (χ3v) is 7.05. The minimum atomic E-state index is -0.195. The lowest BCUT2D eigenvalue weighted by molar-refractivity contribution is -0.154. The van der Waals surface area contributed by atoms with Crippen molar-refractivity contribution in [1.82, 2.24) is 0 Å². The van der Waals surface area contributed by atoms with Crippen LogP contribution in [0, 0.1) is 24.7 Å². The maximum Gasteiger partial charge on any atom is 0.326 e. The molecule has 0 heterocycles. The number of nitrogens with zero attached hydrogens (tertiary/aromatic N) is 3. The molecule has 1 fully saturated rings. The average molecular weight is 464 g/mol. The van der Waals surface area contributed by atoms with Crippen LogP contribution in [-0.2, 0) is 9.53 Å². The van der Waals surface area contributed by atoms with Crippen molar-refractivity contribution >= 4 is 23.2 Å². The van der Waals surface area contributed by atoms with Gasteiger partial charge in [-0.1, -0.05) is 45.4 Å². The Balaban J connectivity index is 1.89. The van der Waals surface area contributed by atoms with Crippen LogP contribution in [0.3, 0.4) is 0 Å². The summed E-state index contributed by atoms with van der Waals surface area (Å²) >= 11 is 0. The molecular formula is C29H41N3O2. The van der Waals surface area contributed by atoms with E-state index in [1.54, 1.807) is 7.05 Å². The lowest BCUT2D eigenvalue weighted by atomic mass is 9.75. The van der Waals surface area contributed by atoms with E-state index in [1.807, 2.05) is 37.2 Å². The molecule has 184 valence electrons. The van der Waals surface area contributed by atoms with E-state index in [9.17, 15) is 4.79 Å². The van der Waals surface area contributed by atoms with Crippen LogP contribution in [0.5, 0.6) is 0 Å². The summed E-state index contributed by atoms with van der Waals surface area (Å²) in [5.41, 5.74) is 4.14. The van der Waals surface area contributed by atoms with Gasteiger partial charge in [0.25, 0.3) is 0 Å². The van der Waals surface area contributed by atoms with Gasteiger partial charge in [-0.15, -0.1) is 0 Å². The molecule has 2 aromatic carbocycles. The van der Waals surface area contributed by atoms with E-state index in [2.05, 4.69) is 67.9 Å². The molecule has 1 aliphatic rings. The second-order valence-corrected chi connectivity index (χ2v) is 10.2. The van der Waals surface area contributed by atoms with Crippen molar-refractivity contribution in [3.05, 3.63) is 59.7 Å². The van der Waals surface area contributed by atoms with E-state index in [4.69, 9.17) is 4.74 Å². The number of rotatable bonds is 7. The predicted octanol–water partition coefficient (Wildman–Crippen LogP) is 5.95. The molecule has 3 rings (SSSR count). The second-order valence-electron chi connectivity index (χ2n) is 10.2. The Hall–Kier alpha value is -2.82. The lowest BCUT2D eigenvalue weighted by Gasteiger charge is -2.37. The topological polar surface area (TPSA) is 45.1 Å². The maximum absolute atomic E-state index is 13.4. The minimum absolute atomic E-state index is 0.0173. The predicted molar refractivity (Wildman–Crippen MR) is 143 cm³/mol. The van der Waals surface area contributed by atoms with E-state index < -0.39 is 0 Å². The zero-order valence-electron chi connectivity index (χ0n) is 21.9. The van der Waals surface area contributed by atoms with Gasteiger partial charge in [-0.2, -0.15) is 0 Å². The van der Waals surface area contributed by atoms with Crippen LogP contribution in [0.15, 0.2) is 53.5 Å². The Labute approximate surface area is 205 Å². The zero-order chi connectivity index (χ0) is 24.8. The normalized spacial score (nSPS) is 20.8. The number of carbonyl (C=O) groups excluding carboxylic acids is 1. The van der Waals surface area contributed by atoms with Crippen LogP contribution >= 0.6 is 0 Å². The largest absolute Gasteiger partial charge is 0.461 e. The summed E-state index contributed by atoms with van der Waals surface area (Å²) in [5, 5.41) is 0. The first-order valence-electron chi connectivity index (χ1n) is 12.5. The molecule has 1 aliphatic carbocycles. The fourth-order valence-electron chi connectivity index (χ4n) is 5.04. The van der Waals surface area contributed by atoms with E-state index in [0.717, 1.165) is 41.2 Å². The van der Waals surface area contributed by atoms with Crippen LogP contribution in [0.4, 0.5) is 11.4 Å². The molecule has 5 heteroatoms. The smallest absolute Gasteiger partial charge is 0.326 e. The first-order valence-corrected chi connectivity index (χ1v) is 12.5. The number of benzene rings is 2. The number of aryl methyl sites for hydroxylation is 1. The number of hydrogen-bond donors (Lipinski definition) is 0. The van der Waals surface area contributed by atoms with Crippen molar-refractivity contribution in [3.8, 4) is 0 Å². The second kappa shape index (κ2) is 11.5. The molecular weight excluding hydrogens is 422 g/mol. The number of hydrogen-bond acceptors (Lipinski definition) is 4. The number of aliphatic imine (C=N–C) groups is 1. The Kier molecular flexibility index (Phi) is 8.76. The van der Waals surface area contributed by atoms with Crippen molar-refractivity contribution in [2.45, 2.75) is 53.1 Å². The van der Waals surface area contributed by atoms with Crippen LogP contribution in [0.2, 0.25) is 0 Å². The molecule has 0 bridgehead atoms. The summed E-state index contributed by atoms with van der Waals surface area (Å²) in [7, 11) is 5.83. The Morgan fingerprint density at radius 2 is 1.76 bits per heavy atom. The number of anilines is 2. The maximum atomic E-state index is 13.4. The SMILES string of the molecule is C/N=C(\c1ccc(N(C)C)cc1)N(CC(=O)O[C@@H]1C[C@H](C)CC[C@H]1C(C)C)c1ccccc1C. The number of esters is 1. The molecule has 5 nitrogen and oxygen atoms in total. The van der Waals surface area contributed by atoms with Gasteiger partial charge in [0.15, 0.2) is 0 Å². The van der Waals surface area contributed by atoms with Gasteiger partial charge in [-0.3, -0.25) is 9.79 Å². The summed E-state index contributed by atoms with van der Waals surface area (Å²) in [6, 6.07) is 16.4. The average Bonchev–Trinajstić information content (AvgIpc) is 2.79. The minimum Gasteiger partial charge on any atom is -0.461 e. The number of amidine groups is 1. The van der Waals surface area contributed by atoms with Crippen molar-refractivity contribution in [2.24, 2.45) is 22.7 Å². The van der Waals surface area contributed by atoms with Gasteiger partial charge in [0, 0.05) is 38.1 Å². The van der Waals surface area contributed by atoms with E-state index >= 15 is 0 Å². The molecule has 0 unspecified atom stereocenters. The van der Waals surface area contributed by atoms with E-state index in [0.29, 0.717) is 17.8 Å². The van der Waals surface area contributed by atoms with Crippen LogP contribution < -0.4 is 9.80 Å². The molecule has 1 saturated carbocycles. The fourth-order valence-corrected chi connectivity index (χ4v) is 5.04. The van der Waals surface area contributed by atoms with Crippen LogP contribution in [0.1, 0.15) is 51.2 Å². The summed E-state index contributed by atoms with van der Waals surface area (Å²) in [6.45, 7) is 8.92. The first-order chi connectivity index (χ1) is 16.2. The van der Waals surface area contributed by atoms with Crippen LogP contribution in [0.25, 0.3) is 0 Å². The molecule has 0 aliphatic heterocycles. The molecule has 34 heavy (non-hydrogen) atoms. The van der Waals surface area contributed by atoms with E-state index in [1.165, 1.54) is 6.42 Å². The molecule has 0 radical (unpaired) electrons. The molecule has 2 aromatic rings. The summed E-state index contributed by atoms with van der Waals surface area (Å²) < 4.78 is 6.17. The lowest BCUT2D eigenvalue weighted by Crippen LogP contribution is -2.41. The van der Waals surface area contributed by atoms with Crippen molar-refractivity contribution in [3.63, 3.8) is 0 Å². The summed E-state index contributed by atoms with van der Waals surface area (Å²) in [6.07, 6.45) is 3.26. The number of ether oxygens (including phenoxy) is 1. The highest BCUT2D eigenvalue weighted by atomic mass is 16.5. The molecule has 3 atom stereocenters. The van der Waals surface area contributed by atoms with Gasteiger partial charge in [0.05, 0.1) is 0 Å². The highest BCUT2D eigenvalue weighted by Gasteiger charge is 2.34. The molecule has 0 amide bonds. The third-order valence-electron chi connectivity index (χ3n) is 7.05. The Morgan fingerprint density at radius 1 is 1.09 bits per heavy atom. The highest BCUT2D eigenvalue weighted by molar-refractivity contribution is 6.12. The van der Waals surface area contributed by atoms with Crippen LogP contribution in [-0.4, -0.2) is 45.6 Å². The third kappa shape index (κ3) is 6.19. The van der Waals surface area contributed by atoms with E-state index in [-0.39, 0.29) is 18.6 Å². The monoisotopic (exact) mass is 463 g/mol. The molecule has 0 N–H and O–H groups in total. The van der Waals surface area contributed by atoms with Gasteiger partial charge in [-0.25, -0.2) is 0 Å². The van der Waals surface area contributed by atoms with Crippen molar-refractivity contribution in [1.29, 1.82) is 0 Å². The number of carbonyl (C=O) groups is 1. The Bertz CT molecular complexity index is 981. The first kappa shape index (κ1) is 25.8. The summed E-state index contributed by atoms with van der Waals surface area (Å²) in [4.78, 5) is 22.0. The van der Waals surface area contributed by atoms with Gasteiger partial charge in [-0.05, 0) is 73.4 Å². The number of para-hydroxylation sites is 1. The quantitative estimate of drug-likeness (QED) is 0.289. The standard InChI is InChI=1S/C29H41N3O2/c1-20(2)25-17-12-21(3)18-27(25)34-28(33)19-32(26-11-9-8-10-22(26)4)29(30-5)23-13-15-24(16-14-23)31(6)7/h8-11,13-16,20-21,25,27H,12,17-19H2,1-7H3/b30-29+/t21-,25+,27-/m1/s1. The van der Waals surface area contributed by atoms with Gasteiger partial charge in [0.2, 0.25) is 0 Å². The molecule has 0 aromatic heterocycles. The molecule has 0 spiro atoms. The van der Waals surface area contributed by atoms with Crippen molar-refractivity contribution in [2.75, 3.05) is 37.5 Å². The van der Waals surface area contributed by atoms with Gasteiger partial charge >= 0.3 is 5.97 Å². The molecule has 0 saturated heterocycles. The fraction of sp³-hybridized carbons (Fsp3) is 0.517. The Morgan fingerprint density at radius 3 is 2.35 bits per heavy atom. The highest BCUT2D eigenvalue weighted by Crippen LogP contribution is 2.35. The van der Waals surface area contributed by atoms with Crippen molar-refractivity contribution < 1.29 is 9.53 Å². The summed E-state index contributed by atoms with van der Waals surface area (Å²) in [5.74, 6) is 2.07. The van der Waals surface area contributed by atoms with Gasteiger partial charge < -0.3 is 14.5 Å². The zero-order valence-corrected chi connectivity index (χ0v) is 21.9.